The highest BCUT2D eigenvalue weighted by atomic mass is 32.2. The van der Waals surface area contributed by atoms with Gasteiger partial charge in [0.05, 0.1) is 10.2 Å². The lowest BCUT2D eigenvalue weighted by Crippen LogP contribution is -2.18. The Labute approximate surface area is 142 Å². The highest BCUT2D eigenvalue weighted by molar-refractivity contribution is 7.89. The van der Waals surface area contributed by atoms with Gasteiger partial charge in [-0.25, -0.2) is 18.1 Å². The van der Waals surface area contributed by atoms with Crippen molar-refractivity contribution < 1.29 is 17.6 Å². The molecule has 126 valence electrons. The molecule has 1 aromatic carbocycles. The van der Waals surface area contributed by atoms with Gasteiger partial charge in [-0.3, -0.25) is 10.1 Å². The number of furan rings is 1. The maximum absolute atomic E-state index is 12.2. The highest BCUT2D eigenvalue weighted by Gasteiger charge is 2.20. The molecule has 2 N–H and O–H groups in total. The van der Waals surface area contributed by atoms with E-state index in [1.807, 2.05) is 26.0 Å². The molecule has 0 unspecified atom stereocenters. The zero-order chi connectivity index (χ0) is 17.5. The summed E-state index contributed by atoms with van der Waals surface area (Å²) in [5.74, 6) is -0.656. The summed E-state index contributed by atoms with van der Waals surface area (Å²) in [4.78, 5) is 16.6. The molecule has 3 aromatic rings. The van der Waals surface area contributed by atoms with Gasteiger partial charge in [-0.2, -0.15) is 0 Å². The number of thiazole rings is 1. The molecule has 0 aliphatic rings. The Morgan fingerprint density at radius 3 is 2.71 bits per heavy atom. The molecular weight excluding hydrogens is 350 g/mol. The second-order valence-electron chi connectivity index (χ2n) is 5.23. The molecule has 0 saturated carbocycles. The van der Waals surface area contributed by atoms with Crippen LogP contribution in [0.15, 0.2) is 33.8 Å². The number of benzene rings is 1. The number of sulfonamides is 1. The Bertz CT molecular complexity index is 1030. The Morgan fingerprint density at radius 1 is 1.25 bits per heavy atom. The lowest BCUT2D eigenvalue weighted by atomic mass is 10.1. The second kappa shape index (κ2) is 6.00. The summed E-state index contributed by atoms with van der Waals surface area (Å²) in [6.07, 6.45) is 0. The molecule has 24 heavy (non-hydrogen) atoms. The van der Waals surface area contributed by atoms with E-state index < -0.39 is 15.9 Å². The molecule has 0 bridgehead atoms. The lowest BCUT2D eigenvalue weighted by Gasteiger charge is -1.99. The first-order valence-electron chi connectivity index (χ1n) is 7.02. The zero-order valence-electron chi connectivity index (χ0n) is 13.2. The van der Waals surface area contributed by atoms with E-state index in [1.165, 1.54) is 30.5 Å². The van der Waals surface area contributed by atoms with E-state index in [-0.39, 0.29) is 10.9 Å². The van der Waals surface area contributed by atoms with Crippen LogP contribution in [0.25, 0.3) is 10.2 Å². The topological polar surface area (TPSA) is 101 Å². The zero-order valence-corrected chi connectivity index (χ0v) is 14.8. The summed E-state index contributed by atoms with van der Waals surface area (Å²) in [7, 11) is -2.46. The maximum Gasteiger partial charge on any atom is 0.293 e. The van der Waals surface area contributed by atoms with Gasteiger partial charge in [0, 0.05) is 0 Å². The standard InChI is InChI=1S/C15H15N3O4S2/c1-8-6-9(2)13-11(7-8)23-15(17-13)18-14(19)10-4-5-12(22-10)24(20,21)16-3/h4-7,16H,1-3H3,(H,17,18,19). The summed E-state index contributed by atoms with van der Waals surface area (Å²) in [5.41, 5.74) is 2.98. The fourth-order valence-corrected chi connectivity index (χ4v) is 3.95. The normalized spacial score (nSPS) is 11.8. The van der Waals surface area contributed by atoms with E-state index in [0.29, 0.717) is 5.13 Å². The summed E-state index contributed by atoms with van der Waals surface area (Å²) < 4.78 is 31.5. The Hall–Kier alpha value is -2.23. The van der Waals surface area contributed by atoms with Crippen molar-refractivity contribution in [2.24, 2.45) is 0 Å². The van der Waals surface area contributed by atoms with Gasteiger partial charge in [-0.1, -0.05) is 17.4 Å². The van der Waals surface area contributed by atoms with Crippen molar-refractivity contribution in [1.29, 1.82) is 0 Å². The van der Waals surface area contributed by atoms with Crippen LogP contribution in [0.5, 0.6) is 0 Å². The number of hydrogen-bond donors (Lipinski definition) is 2. The Balaban J connectivity index is 1.86. The van der Waals surface area contributed by atoms with Crippen molar-refractivity contribution in [3.8, 4) is 0 Å². The first-order valence-corrected chi connectivity index (χ1v) is 9.32. The van der Waals surface area contributed by atoms with Gasteiger partial charge in [0.15, 0.2) is 10.9 Å². The van der Waals surface area contributed by atoms with E-state index in [2.05, 4.69) is 15.0 Å². The van der Waals surface area contributed by atoms with E-state index in [0.717, 1.165) is 21.3 Å². The molecule has 3 rings (SSSR count). The molecule has 0 atom stereocenters. The highest BCUT2D eigenvalue weighted by Crippen LogP contribution is 2.29. The fourth-order valence-electron chi connectivity index (χ4n) is 2.27. The van der Waals surface area contributed by atoms with Gasteiger partial charge < -0.3 is 4.42 Å². The molecule has 1 amide bonds. The van der Waals surface area contributed by atoms with Crippen LogP contribution in [0, 0.1) is 13.8 Å². The van der Waals surface area contributed by atoms with Gasteiger partial charge in [-0.05, 0) is 50.2 Å². The average molecular weight is 365 g/mol. The monoisotopic (exact) mass is 365 g/mol. The number of anilines is 1. The number of aromatic nitrogens is 1. The molecule has 0 aliphatic carbocycles. The molecule has 0 aliphatic heterocycles. The van der Waals surface area contributed by atoms with E-state index in [1.54, 1.807) is 0 Å². The number of fused-ring (bicyclic) bond motifs is 1. The third-order valence-corrected chi connectivity index (χ3v) is 5.59. The number of carbonyl (C=O) groups excluding carboxylic acids is 1. The molecule has 0 spiro atoms. The first kappa shape index (κ1) is 16.6. The van der Waals surface area contributed by atoms with Crippen molar-refractivity contribution in [2.45, 2.75) is 18.9 Å². The van der Waals surface area contributed by atoms with Gasteiger partial charge >= 0.3 is 0 Å². The molecule has 9 heteroatoms. The van der Waals surface area contributed by atoms with Gasteiger partial charge in [0.1, 0.15) is 0 Å². The van der Waals surface area contributed by atoms with Gasteiger partial charge in [0.25, 0.3) is 15.9 Å². The Morgan fingerprint density at radius 2 is 2.00 bits per heavy atom. The summed E-state index contributed by atoms with van der Waals surface area (Å²) in [6, 6.07) is 6.56. The minimum absolute atomic E-state index is 0.101. The minimum atomic E-state index is -3.72. The van der Waals surface area contributed by atoms with Crippen LogP contribution in [0.2, 0.25) is 0 Å². The van der Waals surface area contributed by atoms with E-state index in [9.17, 15) is 13.2 Å². The van der Waals surface area contributed by atoms with Gasteiger partial charge in [0.2, 0.25) is 5.09 Å². The number of nitrogens with one attached hydrogen (secondary N) is 2. The predicted octanol–water partition coefficient (Wildman–Crippen LogP) is 2.67. The number of amides is 1. The van der Waals surface area contributed by atoms with Crippen molar-refractivity contribution in [3.05, 3.63) is 41.2 Å². The van der Waals surface area contributed by atoms with Crippen LogP contribution in [-0.4, -0.2) is 26.4 Å². The number of rotatable bonds is 4. The number of hydrogen-bond acceptors (Lipinski definition) is 6. The largest absolute Gasteiger partial charge is 0.438 e. The van der Waals surface area contributed by atoms with Crippen LogP contribution >= 0.6 is 11.3 Å². The van der Waals surface area contributed by atoms with Crippen LogP contribution < -0.4 is 10.0 Å². The quantitative estimate of drug-likeness (QED) is 0.740. The van der Waals surface area contributed by atoms with Crippen molar-refractivity contribution >= 4 is 42.6 Å². The van der Waals surface area contributed by atoms with Crippen LogP contribution in [-0.2, 0) is 10.0 Å². The third-order valence-electron chi connectivity index (χ3n) is 3.39. The summed E-state index contributed by atoms with van der Waals surface area (Å²) in [6.45, 7) is 3.96. The van der Waals surface area contributed by atoms with Crippen LogP contribution in [0.1, 0.15) is 21.7 Å². The predicted molar refractivity (Wildman–Crippen MR) is 92.0 cm³/mol. The molecule has 0 radical (unpaired) electrons. The summed E-state index contributed by atoms with van der Waals surface area (Å²) in [5, 5.41) is 2.75. The first-order chi connectivity index (χ1) is 11.3. The molecule has 0 fully saturated rings. The van der Waals surface area contributed by atoms with Gasteiger partial charge in [-0.15, -0.1) is 0 Å². The third kappa shape index (κ3) is 3.05. The minimum Gasteiger partial charge on any atom is -0.438 e. The van der Waals surface area contributed by atoms with Crippen LogP contribution in [0.3, 0.4) is 0 Å². The molecule has 0 saturated heterocycles. The second-order valence-corrected chi connectivity index (χ2v) is 8.08. The van der Waals surface area contributed by atoms with Crippen molar-refractivity contribution in [2.75, 3.05) is 12.4 Å². The van der Waals surface area contributed by atoms with Crippen molar-refractivity contribution in [1.82, 2.24) is 9.71 Å². The molecule has 2 heterocycles. The maximum atomic E-state index is 12.2. The van der Waals surface area contributed by atoms with Crippen molar-refractivity contribution in [3.63, 3.8) is 0 Å². The van der Waals surface area contributed by atoms with E-state index in [4.69, 9.17) is 4.42 Å². The molecule has 7 nitrogen and oxygen atoms in total. The molecule has 2 aromatic heterocycles. The smallest absolute Gasteiger partial charge is 0.293 e. The van der Waals surface area contributed by atoms with E-state index >= 15 is 0 Å². The molecular formula is C15H15N3O4S2. The fraction of sp³-hybridized carbons (Fsp3) is 0.200. The number of aryl methyl sites for hydroxylation is 2. The average Bonchev–Trinajstić information content (AvgIpc) is 3.14. The van der Waals surface area contributed by atoms with Crippen LogP contribution in [0.4, 0.5) is 5.13 Å². The number of nitrogens with zero attached hydrogens (tertiary/aromatic N) is 1. The Kier molecular flexibility index (Phi) is 4.16. The lowest BCUT2D eigenvalue weighted by molar-refractivity contribution is 0.0991. The number of carbonyl (C=O) groups is 1. The summed E-state index contributed by atoms with van der Waals surface area (Å²) >= 11 is 1.35. The SMILES string of the molecule is CNS(=O)(=O)c1ccc(C(=O)Nc2nc3c(C)cc(C)cc3s2)o1.